The Labute approximate surface area is 143 Å². The van der Waals surface area contributed by atoms with Gasteiger partial charge in [0.15, 0.2) is 0 Å². The van der Waals surface area contributed by atoms with Crippen molar-refractivity contribution in [2.45, 2.75) is 13.8 Å². The second-order valence-corrected chi connectivity index (χ2v) is 5.64. The molecule has 0 amide bonds. The van der Waals surface area contributed by atoms with Crippen molar-refractivity contribution < 1.29 is 4.74 Å². The average Bonchev–Trinajstić information content (AvgIpc) is 2.61. The molecule has 1 nitrogen and oxygen atoms in total. The molecule has 0 bridgehead atoms. The Morgan fingerprint density at radius 1 is 1.00 bits per heavy atom. The minimum absolute atomic E-state index is 0.650. The van der Waals surface area contributed by atoms with E-state index in [1.807, 2.05) is 43.3 Å². The fraction of sp³-hybridized carbons (Fsp3) is 0.130. The van der Waals surface area contributed by atoms with Gasteiger partial charge in [0.1, 0.15) is 5.75 Å². The van der Waals surface area contributed by atoms with Crippen LogP contribution in [-0.2, 0) is 0 Å². The van der Waals surface area contributed by atoms with Crippen LogP contribution in [0.25, 0.3) is 16.3 Å². The first-order valence-electron chi connectivity index (χ1n) is 8.12. The van der Waals surface area contributed by atoms with Crippen molar-refractivity contribution in [3.8, 4) is 17.6 Å². The molecule has 0 N–H and O–H groups in total. The first kappa shape index (κ1) is 15.9. The van der Waals surface area contributed by atoms with E-state index in [9.17, 15) is 0 Å². The van der Waals surface area contributed by atoms with Crippen molar-refractivity contribution in [3.63, 3.8) is 0 Å². The molecule has 3 rings (SSSR count). The van der Waals surface area contributed by atoms with Gasteiger partial charge in [0, 0.05) is 16.5 Å². The number of aryl methyl sites for hydroxylation is 1. The highest BCUT2D eigenvalue weighted by Gasteiger charge is 2.10. The molecule has 0 radical (unpaired) electrons. The Morgan fingerprint density at radius 2 is 1.79 bits per heavy atom. The van der Waals surface area contributed by atoms with Gasteiger partial charge < -0.3 is 4.74 Å². The fourth-order valence-corrected chi connectivity index (χ4v) is 2.83. The number of hydrogen-bond acceptors (Lipinski definition) is 1. The lowest BCUT2D eigenvalue weighted by Crippen LogP contribution is -1.95. The van der Waals surface area contributed by atoms with Crippen LogP contribution in [0.15, 0.2) is 67.2 Å². The Hall–Kier alpha value is -2.98. The molecule has 0 unspecified atom stereocenters. The van der Waals surface area contributed by atoms with Crippen molar-refractivity contribution in [2.24, 2.45) is 0 Å². The van der Waals surface area contributed by atoms with E-state index in [-0.39, 0.29) is 0 Å². The maximum absolute atomic E-state index is 5.77. The number of allylic oxidation sites excluding steroid dienone is 1. The summed E-state index contributed by atoms with van der Waals surface area (Å²) in [4.78, 5) is 0. The highest BCUT2D eigenvalue weighted by molar-refractivity contribution is 6.01. The molecule has 0 heterocycles. The van der Waals surface area contributed by atoms with Gasteiger partial charge in [-0.3, -0.25) is 0 Å². The minimum atomic E-state index is 0.650. The van der Waals surface area contributed by atoms with Gasteiger partial charge in [-0.2, -0.15) is 0 Å². The summed E-state index contributed by atoms with van der Waals surface area (Å²) >= 11 is 0. The van der Waals surface area contributed by atoms with Crippen LogP contribution < -0.4 is 4.74 Å². The molecular weight excluding hydrogens is 292 g/mol. The average molecular weight is 312 g/mol. The van der Waals surface area contributed by atoms with Crippen molar-refractivity contribution in [2.75, 3.05) is 6.61 Å². The Kier molecular flexibility index (Phi) is 4.68. The van der Waals surface area contributed by atoms with Crippen LogP contribution in [0.4, 0.5) is 0 Å². The number of rotatable bonds is 3. The van der Waals surface area contributed by atoms with E-state index in [2.05, 4.69) is 49.6 Å². The minimum Gasteiger partial charge on any atom is -0.493 e. The van der Waals surface area contributed by atoms with Crippen molar-refractivity contribution in [1.82, 2.24) is 0 Å². The quantitative estimate of drug-likeness (QED) is 0.571. The van der Waals surface area contributed by atoms with Crippen LogP contribution in [-0.4, -0.2) is 6.61 Å². The lowest BCUT2D eigenvalue weighted by atomic mass is 9.95. The molecule has 0 fully saturated rings. The van der Waals surface area contributed by atoms with Gasteiger partial charge in [0.2, 0.25) is 0 Å². The van der Waals surface area contributed by atoms with Gasteiger partial charge >= 0.3 is 0 Å². The van der Waals surface area contributed by atoms with E-state index >= 15 is 0 Å². The molecule has 0 spiro atoms. The number of benzene rings is 3. The molecule has 0 aliphatic heterocycles. The lowest BCUT2D eigenvalue weighted by molar-refractivity contribution is 0.344. The first-order valence-corrected chi connectivity index (χ1v) is 8.12. The van der Waals surface area contributed by atoms with E-state index in [0.717, 1.165) is 33.2 Å². The lowest BCUT2D eigenvalue weighted by Gasteiger charge is -2.13. The molecule has 118 valence electrons. The second kappa shape index (κ2) is 7.06. The molecule has 0 atom stereocenters. The number of fused-ring (bicyclic) bond motifs is 1. The SMILES string of the molecule is C=C(C#Cc1ccccc1)c1ccc(OCC)c2cccc(C)c12. The van der Waals surface area contributed by atoms with Crippen LogP contribution in [0.2, 0.25) is 0 Å². The largest absolute Gasteiger partial charge is 0.493 e. The Balaban J connectivity index is 2.09. The van der Waals surface area contributed by atoms with E-state index in [1.165, 1.54) is 5.56 Å². The summed E-state index contributed by atoms with van der Waals surface area (Å²) in [7, 11) is 0. The van der Waals surface area contributed by atoms with E-state index < -0.39 is 0 Å². The van der Waals surface area contributed by atoms with Gasteiger partial charge in [0.25, 0.3) is 0 Å². The van der Waals surface area contributed by atoms with Crippen LogP contribution in [0, 0.1) is 18.8 Å². The first-order chi connectivity index (χ1) is 11.7. The molecular formula is C23H20O. The zero-order valence-corrected chi connectivity index (χ0v) is 14.1. The van der Waals surface area contributed by atoms with Crippen LogP contribution >= 0.6 is 0 Å². The number of ether oxygens (including phenoxy) is 1. The summed E-state index contributed by atoms with van der Waals surface area (Å²) in [6.45, 7) is 8.95. The zero-order chi connectivity index (χ0) is 16.9. The molecule has 0 saturated carbocycles. The predicted octanol–water partition coefficient (Wildman–Crippen LogP) is 5.61. The zero-order valence-electron chi connectivity index (χ0n) is 14.1. The molecule has 24 heavy (non-hydrogen) atoms. The summed E-state index contributed by atoms with van der Waals surface area (Å²) in [5.41, 5.74) is 4.08. The van der Waals surface area contributed by atoms with Gasteiger partial charge in [-0.15, -0.1) is 0 Å². The highest BCUT2D eigenvalue weighted by atomic mass is 16.5. The third-order valence-electron chi connectivity index (χ3n) is 3.97. The second-order valence-electron chi connectivity index (χ2n) is 5.64. The Bertz CT molecular complexity index is 940. The third kappa shape index (κ3) is 3.19. The molecule has 0 saturated heterocycles. The topological polar surface area (TPSA) is 9.23 Å². The smallest absolute Gasteiger partial charge is 0.127 e. The standard InChI is InChI=1S/C23H20O/c1-4-24-22-16-15-20(23-18(3)9-8-12-21(22)23)17(2)13-14-19-10-6-5-7-11-19/h5-12,15-16H,2,4H2,1,3H3. The monoisotopic (exact) mass is 312 g/mol. The maximum atomic E-state index is 5.77. The Morgan fingerprint density at radius 3 is 2.54 bits per heavy atom. The maximum Gasteiger partial charge on any atom is 0.127 e. The van der Waals surface area contributed by atoms with Crippen molar-refractivity contribution >= 4 is 16.3 Å². The molecule has 0 aliphatic rings. The van der Waals surface area contributed by atoms with Crippen LogP contribution in [0.3, 0.4) is 0 Å². The predicted molar refractivity (Wildman–Crippen MR) is 102 cm³/mol. The number of hydrogen-bond donors (Lipinski definition) is 0. The van der Waals surface area contributed by atoms with Crippen LogP contribution in [0.1, 0.15) is 23.6 Å². The summed E-state index contributed by atoms with van der Waals surface area (Å²) in [5, 5.41) is 2.27. The summed E-state index contributed by atoms with van der Waals surface area (Å²) in [6.07, 6.45) is 0. The van der Waals surface area contributed by atoms with Gasteiger partial charge in [0.05, 0.1) is 6.61 Å². The summed E-state index contributed by atoms with van der Waals surface area (Å²) < 4.78 is 5.77. The van der Waals surface area contributed by atoms with Gasteiger partial charge in [-0.25, -0.2) is 0 Å². The highest BCUT2D eigenvalue weighted by Crippen LogP contribution is 2.33. The summed E-state index contributed by atoms with van der Waals surface area (Å²) in [6, 6.07) is 20.3. The van der Waals surface area contributed by atoms with Crippen LogP contribution in [0.5, 0.6) is 5.75 Å². The van der Waals surface area contributed by atoms with Crippen molar-refractivity contribution in [1.29, 1.82) is 0 Å². The molecule has 3 aromatic rings. The summed E-state index contributed by atoms with van der Waals surface area (Å²) in [5.74, 6) is 7.29. The molecule has 3 aromatic carbocycles. The third-order valence-corrected chi connectivity index (χ3v) is 3.97. The van der Waals surface area contributed by atoms with E-state index in [4.69, 9.17) is 4.74 Å². The van der Waals surface area contributed by atoms with Gasteiger partial charge in [-0.1, -0.05) is 54.8 Å². The normalized spacial score (nSPS) is 10.1. The van der Waals surface area contributed by atoms with Crippen molar-refractivity contribution in [3.05, 3.63) is 83.9 Å². The molecule has 1 heteroatoms. The van der Waals surface area contributed by atoms with Gasteiger partial charge in [-0.05, 0) is 54.6 Å². The van der Waals surface area contributed by atoms with E-state index in [0.29, 0.717) is 6.61 Å². The molecule has 0 aromatic heterocycles. The fourth-order valence-electron chi connectivity index (χ4n) is 2.83. The van der Waals surface area contributed by atoms with E-state index in [1.54, 1.807) is 0 Å². The molecule has 0 aliphatic carbocycles.